The number of ether oxygens (including phenoxy) is 2. The molecule has 3 heterocycles. The third kappa shape index (κ3) is 6.50. The first-order chi connectivity index (χ1) is 20.1. The highest BCUT2D eigenvalue weighted by atomic mass is 32.2. The normalized spacial score (nSPS) is 14.4. The van der Waals surface area contributed by atoms with Gasteiger partial charge >= 0.3 is 0 Å². The van der Waals surface area contributed by atoms with E-state index < -0.39 is 10.0 Å². The summed E-state index contributed by atoms with van der Waals surface area (Å²) in [5.41, 5.74) is 1.91. The first-order valence-corrected chi connectivity index (χ1v) is 15.6. The topological polar surface area (TPSA) is 119 Å². The summed E-state index contributed by atoms with van der Waals surface area (Å²) >= 11 is 0. The van der Waals surface area contributed by atoms with Gasteiger partial charge in [-0.1, -0.05) is 30.3 Å². The van der Waals surface area contributed by atoms with Crippen LogP contribution in [-0.4, -0.2) is 84.0 Å². The van der Waals surface area contributed by atoms with Gasteiger partial charge in [-0.05, 0) is 57.6 Å². The lowest BCUT2D eigenvalue weighted by atomic mass is 10.1. The number of hydrogen-bond donors (Lipinski definition) is 1. The number of nitrogens with one attached hydrogen (secondary N) is 1. The molecule has 1 saturated heterocycles. The predicted molar refractivity (Wildman–Crippen MR) is 162 cm³/mol. The number of aromatic nitrogens is 3. The molecule has 0 atom stereocenters. The standard InChI is InChI=1S/C30H36N6O5S/c1-5-40-28-24-13-14-36(42(38,39)20-22-9-7-6-8-10-22)27(24)32-30(33-28)31-25-12-11-23(19-26(25)41-21(2)3)29(37)35-17-15-34(4)16-18-35/h6-14,19,21H,5,15-18,20H2,1-4H3,(H,31,32,33). The average Bonchev–Trinajstić information content (AvgIpc) is 3.40. The van der Waals surface area contributed by atoms with Gasteiger partial charge in [0, 0.05) is 37.9 Å². The van der Waals surface area contributed by atoms with Crippen molar-refractivity contribution in [3.63, 3.8) is 0 Å². The fourth-order valence-corrected chi connectivity index (χ4v) is 6.17. The molecule has 0 unspecified atom stereocenters. The number of piperazine rings is 1. The van der Waals surface area contributed by atoms with Crippen LogP contribution in [0.5, 0.6) is 11.6 Å². The first-order valence-electron chi connectivity index (χ1n) is 14.0. The van der Waals surface area contributed by atoms with Gasteiger partial charge in [0.15, 0.2) is 5.65 Å². The molecule has 4 aromatic rings. The number of rotatable bonds is 10. The maximum absolute atomic E-state index is 13.4. The van der Waals surface area contributed by atoms with Crippen LogP contribution < -0.4 is 14.8 Å². The summed E-state index contributed by atoms with van der Waals surface area (Å²) in [6, 6.07) is 15.8. The average molecular weight is 593 g/mol. The fraction of sp³-hybridized carbons (Fsp3) is 0.367. The van der Waals surface area contributed by atoms with E-state index in [-0.39, 0.29) is 35.2 Å². The second kappa shape index (κ2) is 12.4. The smallest absolute Gasteiger partial charge is 0.254 e. The molecule has 0 radical (unpaired) electrons. The molecule has 12 heteroatoms. The van der Waals surface area contributed by atoms with Crippen LogP contribution in [0.2, 0.25) is 0 Å². The number of fused-ring (bicyclic) bond motifs is 1. The van der Waals surface area contributed by atoms with Crippen molar-refractivity contribution in [1.82, 2.24) is 23.7 Å². The summed E-state index contributed by atoms with van der Waals surface area (Å²) in [6.07, 6.45) is 1.30. The summed E-state index contributed by atoms with van der Waals surface area (Å²) in [6.45, 7) is 8.94. The molecule has 1 aliphatic heterocycles. The van der Waals surface area contributed by atoms with E-state index in [9.17, 15) is 13.2 Å². The number of amides is 1. The molecule has 1 fully saturated rings. The summed E-state index contributed by atoms with van der Waals surface area (Å²) in [7, 11) is -1.75. The molecule has 0 spiro atoms. The lowest BCUT2D eigenvalue weighted by molar-refractivity contribution is 0.0663. The quantitative estimate of drug-likeness (QED) is 0.290. The lowest BCUT2D eigenvalue weighted by Gasteiger charge is -2.32. The number of likely N-dealkylation sites (N-methyl/N-ethyl adjacent to an activating group) is 1. The van der Waals surface area contributed by atoms with E-state index in [0.717, 1.165) is 17.1 Å². The Bertz CT molecular complexity index is 1660. The van der Waals surface area contributed by atoms with Crippen LogP contribution in [0.15, 0.2) is 60.8 Å². The zero-order valence-electron chi connectivity index (χ0n) is 24.3. The molecule has 0 bridgehead atoms. The Morgan fingerprint density at radius 2 is 1.76 bits per heavy atom. The van der Waals surface area contributed by atoms with Gasteiger partial charge < -0.3 is 24.6 Å². The van der Waals surface area contributed by atoms with Crippen molar-refractivity contribution in [2.45, 2.75) is 32.6 Å². The van der Waals surface area contributed by atoms with Crippen molar-refractivity contribution in [3.05, 3.63) is 71.9 Å². The second-order valence-electron chi connectivity index (χ2n) is 10.5. The minimum Gasteiger partial charge on any atom is -0.489 e. The van der Waals surface area contributed by atoms with Crippen molar-refractivity contribution in [2.75, 3.05) is 45.2 Å². The Kier molecular flexibility index (Phi) is 8.64. The molecule has 2 aromatic carbocycles. The highest BCUT2D eigenvalue weighted by molar-refractivity contribution is 7.89. The SMILES string of the molecule is CCOc1nc(Nc2ccc(C(=O)N3CCN(C)CC3)cc2OC(C)C)nc2c1ccn2S(=O)(=O)Cc1ccccc1. The minimum atomic E-state index is -3.80. The highest BCUT2D eigenvalue weighted by Gasteiger charge is 2.24. The molecule has 1 amide bonds. The van der Waals surface area contributed by atoms with Crippen LogP contribution in [0.25, 0.3) is 11.0 Å². The Hall–Kier alpha value is -4.16. The Morgan fingerprint density at radius 1 is 1.02 bits per heavy atom. The zero-order valence-corrected chi connectivity index (χ0v) is 25.1. The molecule has 42 heavy (non-hydrogen) atoms. The third-order valence-corrected chi connectivity index (χ3v) is 8.47. The molecule has 1 N–H and O–H groups in total. The van der Waals surface area contributed by atoms with Crippen LogP contribution in [-0.2, 0) is 15.8 Å². The van der Waals surface area contributed by atoms with Crippen molar-refractivity contribution in [3.8, 4) is 11.6 Å². The van der Waals surface area contributed by atoms with Crippen molar-refractivity contribution < 1.29 is 22.7 Å². The number of benzene rings is 2. The molecule has 5 rings (SSSR count). The van der Waals surface area contributed by atoms with Crippen molar-refractivity contribution in [1.29, 1.82) is 0 Å². The molecule has 2 aromatic heterocycles. The number of carbonyl (C=O) groups excluding carboxylic acids is 1. The van der Waals surface area contributed by atoms with Crippen molar-refractivity contribution in [2.24, 2.45) is 0 Å². The van der Waals surface area contributed by atoms with Gasteiger partial charge in [0.2, 0.25) is 21.9 Å². The van der Waals surface area contributed by atoms with E-state index in [0.29, 0.717) is 47.6 Å². The number of carbonyl (C=O) groups is 1. The summed E-state index contributed by atoms with van der Waals surface area (Å²) in [5, 5.41) is 3.65. The molecule has 0 saturated carbocycles. The van der Waals surface area contributed by atoms with E-state index >= 15 is 0 Å². The third-order valence-electron chi connectivity index (χ3n) is 6.88. The van der Waals surface area contributed by atoms with E-state index in [4.69, 9.17) is 9.47 Å². The Labute approximate surface area is 246 Å². The highest BCUT2D eigenvalue weighted by Crippen LogP contribution is 2.32. The molecule has 1 aliphatic rings. The molecule has 222 valence electrons. The Morgan fingerprint density at radius 3 is 2.45 bits per heavy atom. The number of hydrogen-bond acceptors (Lipinski definition) is 9. The van der Waals surface area contributed by atoms with Gasteiger partial charge in [0.1, 0.15) is 5.75 Å². The predicted octanol–water partition coefficient (Wildman–Crippen LogP) is 4.13. The molecule has 0 aliphatic carbocycles. The molecular formula is C30H36N6O5S. The van der Waals surface area contributed by atoms with E-state index in [2.05, 4.69) is 20.2 Å². The maximum atomic E-state index is 13.4. The van der Waals surface area contributed by atoms with Crippen LogP contribution >= 0.6 is 0 Å². The van der Waals surface area contributed by atoms with Gasteiger partial charge in [-0.15, -0.1) is 0 Å². The zero-order chi connectivity index (χ0) is 29.9. The van der Waals surface area contributed by atoms with Gasteiger partial charge in [-0.25, -0.2) is 12.4 Å². The number of anilines is 2. The van der Waals surface area contributed by atoms with E-state index in [1.807, 2.05) is 38.8 Å². The fourth-order valence-electron chi connectivity index (χ4n) is 4.77. The van der Waals surface area contributed by atoms with Crippen molar-refractivity contribution >= 4 is 38.6 Å². The molecular weight excluding hydrogens is 556 g/mol. The summed E-state index contributed by atoms with van der Waals surface area (Å²) < 4.78 is 39.9. The van der Waals surface area contributed by atoms with Gasteiger partial charge in [-0.2, -0.15) is 9.97 Å². The van der Waals surface area contributed by atoms with Gasteiger partial charge in [-0.3, -0.25) is 4.79 Å². The van der Waals surface area contributed by atoms with Crippen LogP contribution in [0, 0.1) is 0 Å². The van der Waals surface area contributed by atoms with E-state index in [1.54, 1.807) is 48.5 Å². The summed E-state index contributed by atoms with van der Waals surface area (Å²) in [4.78, 5) is 26.4. The maximum Gasteiger partial charge on any atom is 0.254 e. The summed E-state index contributed by atoms with van der Waals surface area (Å²) in [5.74, 6) is 0.600. The van der Waals surface area contributed by atoms with Crippen LogP contribution in [0.1, 0.15) is 36.7 Å². The van der Waals surface area contributed by atoms with Gasteiger partial charge in [0.25, 0.3) is 5.91 Å². The lowest BCUT2D eigenvalue weighted by Crippen LogP contribution is -2.47. The largest absolute Gasteiger partial charge is 0.489 e. The number of nitrogens with zero attached hydrogens (tertiary/aromatic N) is 5. The minimum absolute atomic E-state index is 0.0546. The Balaban J connectivity index is 1.50. The monoisotopic (exact) mass is 592 g/mol. The van der Waals surface area contributed by atoms with Crippen LogP contribution in [0.3, 0.4) is 0 Å². The van der Waals surface area contributed by atoms with Crippen LogP contribution in [0.4, 0.5) is 11.6 Å². The van der Waals surface area contributed by atoms with Gasteiger partial charge in [0.05, 0.1) is 29.5 Å². The second-order valence-corrected chi connectivity index (χ2v) is 12.3. The van der Waals surface area contributed by atoms with E-state index in [1.165, 1.54) is 6.20 Å². The first kappa shape index (κ1) is 29.3. The molecule has 11 nitrogen and oxygen atoms in total.